The number of nitrogens with one attached hydrogen (secondary N) is 1. The average molecular weight is 602 g/mol. The Morgan fingerprint density at radius 1 is 0.383 bits per heavy atom. The Morgan fingerprint density at radius 3 is 1.60 bits per heavy atom. The largest absolute Gasteiger partial charge is 0.355 e. The van der Waals surface area contributed by atoms with Gasteiger partial charge in [-0.1, -0.05) is 159 Å². The second-order valence-electron chi connectivity index (χ2n) is 13.4. The van der Waals surface area contributed by atoms with Crippen molar-refractivity contribution in [3.8, 4) is 33.4 Å². The number of anilines is 2. The van der Waals surface area contributed by atoms with Crippen LogP contribution in [0, 0.1) is 0 Å². The second-order valence-corrected chi connectivity index (χ2v) is 13.4. The maximum Gasteiger partial charge on any atom is 0.0714 e. The summed E-state index contributed by atoms with van der Waals surface area (Å²) in [6.45, 7) is 4.69. The van der Waals surface area contributed by atoms with E-state index in [0.29, 0.717) is 0 Å². The molecule has 9 rings (SSSR count). The monoisotopic (exact) mass is 601 g/mol. The fraction of sp³-hybridized carbons (Fsp3) is 0.0870. The van der Waals surface area contributed by atoms with E-state index in [9.17, 15) is 0 Å². The third-order valence-electron chi connectivity index (χ3n) is 10.6. The Labute approximate surface area is 277 Å². The topological polar surface area (TPSA) is 12.0 Å². The van der Waals surface area contributed by atoms with Gasteiger partial charge >= 0.3 is 0 Å². The second kappa shape index (κ2) is 10.4. The minimum Gasteiger partial charge on any atom is -0.355 e. The molecular formula is C46H35N. The summed E-state index contributed by atoms with van der Waals surface area (Å²) in [6.07, 6.45) is 0. The number of hydrogen-bond donors (Lipinski definition) is 1. The van der Waals surface area contributed by atoms with Gasteiger partial charge in [-0.15, -0.1) is 0 Å². The quantitative estimate of drug-likeness (QED) is 0.207. The van der Waals surface area contributed by atoms with Crippen molar-refractivity contribution in [2.45, 2.75) is 24.7 Å². The number of fused-ring (bicyclic) bond motifs is 6. The number of hydrogen-bond acceptors (Lipinski definition) is 1. The highest BCUT2D eigenvalue weighted by atomic mass is 14.9. The molecule has 7 aromatic carbocycles. The lowest BCUT2D eigenvalue weighted by atomic mass is 9.67. The SMILES string of the molecule is CC1(C)c2ccccc2-c2ccc(-c3ccccc3Nc3ccc4c(c3)C(c3ccccc3)(c3ccccc3)c3ccccc3-4)cc21. The fourth-order valence-corrected chi connectivity index (χ4v) is 8.39. The highest BCUT2D eigenvalue weighted by molar-refractivity contribution is 5.90. The molecule has 0 aromatic heterocycles. The van der Waals surface area contributed by atoms with Crippen LogP contribution in [0.1, 0.15) is 47.2 Å². The van der Waals surface area contributed by atoms with Crippen LogP contribution in [0.4, 0.5) is 11.4 Å². The van der Waals surface area contributed by atoms with Gasteiger partial charge in [0.1, 0.15) is 0 Å². The molecule has 0 spiro atoms. The van der Waals surface area contributed by atoms with Crippen LogP contribution in [0.25, 0.3) is 33.4 Å². The van der Waals surface area contributed by atoms with Crippen molar-refractivity contribution in [1.29, 1.82) is 0 Å². The third kappa shape index (κ3) is 4.03. The van der Waals surface area contributed by atoms with Crippen LogP contribution >= 0.6 is 0 Å². The van der Waals surface area contributed by atoms with E-state index in [1.807, 2.05) is 0 Å². The molecule has 0 amide bonds. The van der Waals surface area contributed by atoms with Gasteiger partial charge < -0.3 is 5.32 Å². The Kier molecular flexibility index (Phi) is 6.14. The van der Waals surface area contributed by atoms with Crippen molar-refractivity contribution in [3.05, 3.63) is 203 Å². The van der Waals surface area contributed by atoms with Gasteiger partial charge in [0.25, 0.3) is 0 Å². The molecule has 224 valence electrons. The molecule has 0 saturated carbocycles. The predicted octanol–water partition coefficient (Wildman–Crippen LogP) is 11.8. The number of para-hydroxylation sites is 1. The van der Waals surface area contributed by atoms with Gasteiger partial charge in [0, 0.05) is 22.4 Å². The summed E-state index contributed by atoms with van der Waals surface area (Å²) in [7, 11) is 0. The molecule has 1 N–H and O–H groups in total. The van der Waals surface area contributed by atoms with Gasteiger partial charge in [-0.25, -0.2) is 0 Å². The minimum absolute atomic E-state index is 0.0441. The first-order valence-electron chi connectivity index (χ1n) is 16.5. The van der Waals surface area contributed by atoms with Crippen molar-refractivity contribution in [2.24, 2.45) is 0 Å². The predicted molar refractivity (Wildman–Crippen MR) is 196 cm³/mol. The van der Waals surface area contributed by atoms with Crippen LogP contribution in [0.5, 0.6) is 0 Å². The van der Waals surface area contributed by atoms with Crippen LogP contribution in [0.2, 0.25) is 0 Å². The van der Waals surface area contributed by atoms with Gasteiger partial charge in [0.15, 0.2) is 0 Å². The lowest BCUT2D eigenvalue weighted by Gasteiger charge is -2.34. The smallest absolute Gasteiger partial charge is 0.0714 e. The first kappa shape index (κ1) is 27.6. The molecular weight excluding hydrogens is 567 g/mol. The van der Waals surface area contributed by atoms with E-state index in [1.54, 1.807) is 0 Å². The van der Waals surface area contributed by atoms with Gasteiger partial charge in [0.2, 0.25) is 0 Å². The lowest BCUT2D eigenvalue weighted by molar-refractivity contribution is 0.660. The number of benzene rings is 7. The van der Waals surface area contributed by atoms with Gasteiger partial charge in [-0.05, 0) is 85.5 Å². The summed E-state index contributed by atoms with van der Waals surface area (Å²) in [5.74, 6) is 0. The Bertz CT molecular complexity index is 2260. The molecule has 47 heavy (non-hydrogen) atoms. The highest BCUT2D eigenvalue weighted by Crippen LogP contribution is 2.57. The van der Waals surface area contributed by atoms with E-state index in [4.69, 9.17) is 0 Å². The van der Waals surface area contributed by atoms with E-state index in [1.165, 1.54) is 66.8 Å². The maximum absolute atomic E-state index is 3.87. The summed E-state index contributed by atoms with van der Waals surface area (Å²) < 4.78 is 0. The molecule has 2 aliphatic rings. The molecule has 0 radical (unpaired) electrons. The average Bonchev–Trinajstić information content (AvgIpc) is 3.55. The molecule has 0 fully saturated rings. The molecule has 7 aromatic rings. The van der Waals surface area contributed by atoms with Crippen molar-refractivity contribution >= 4 is 11.4 Å². The van der Waals surface area contributed by atoms with Crippen molar-refractivity contribution in [2.75, 3.05) is 5.32 Å². The first-order chi connectivity index (χ1) is 23.1. The van der Waals surface area contributed by atoms with E-state index in [0.717, 1.165) is 11.4 Å². The van der Waals surface area contributed by atoms with Crippen LogP contribution in [-0.2, 0) is 10.8 Å². The third-order valence-corrected chi connectivity index (χ3v) is 10.6. The standard InChI is InChI=1S/C46H35N/c1-45(2)40-22-12-9-20-36(40)38-27-25-31(29-42(38)45)35-19-11-14-24-44(35)47-34-26-28-39-37-21-10-13-23-41(37)46(43(39)30-34,32-15-5-3-6-16-32)33-17-7-4-8-18-33/h3-30,47H,1-2H3. The minimum atomic E-state index is -0.424. The molecule has 0 bridgehead atoms. The number of rotatable bonds is 5. The summed E-state index contributed by atoms with van der Waals surface area (Å²) >= 11 is 0. The maximum atomic E-state index is 3.87. The molecule has 2 aliphatic carbocycles. The zero-order valence-corrected chi connectivity index (χ0v) is 26.7. The van der Waals surface area contributed by atoms with Crippen molar-refractivity contribution < 1.29 is 0 Å². The van der Waals surface area contributed by atoms with E-state index < -0.39 is 5.41 Å². The van der Waals surface area contributed by atoms with Gasteiger partial charge in [0.05, 0.1) is 5.41 Å². The molecule has 0 heterocycles. The molecule has 0 atom stereocenters. The zero-order valence-electron chi connectivity index (χ0n) is 26.7. The summed E-state index contributed by atoms with van der Waals surface area (Å²) in [5.41, 5.74) is 17.4. The summed E-state index contributed by atoms with van der Waals surface area (Å²) in [5, 5.41) is 3.87. The van der Waals surface area contributed by atoms with E-state index >= 15 is 0 Å². The van der Waals surface area contributed by atoms with Crippen LogP contribution in [0.15, 0.2) is 170 Å². The molecule has 0 aliphatic heterocycles. The van der Waals surface area contributed by atoms with Crippen molar-refractivity contribution in [1.82, 2.24) is 0 Å². The fourth-order valence-electron chi connectivity index (χ4n) is 8.39. The molecule has 1 nitrogen and oxygen atoms in total. The normalized spacial score (nSPS) is 14.5. The Balaban J connectivity index is 1.18. The molecule has 0 unspecified atom stereocenters. The van der Waals surface area contributed by atoms with E-state index in [2.05, 4.69) is 189 Å². The van der Waals surface area contributed by atoms with Crippen LogP contribution < -0.4 is 5.32 Å². The summed E-state index contributed by atoms with van der Waals surface area (Å²) in [4.78, 5) is 0. The first-order valence-corrected chi connectivity index (χ1v) is 16.5. The highest BCUT2D eigenvalue weighted by Gasteiger charge is 2.46. The van der Waals surface area contributed by atoms with Crippen molar-refractivity contribution in [3.63, 3.8) is 0 Å². The summed E-state index contributed by atoms with van der Waals surface area (Å²) in [6, 6.07) is 62.4. The van der Waals surface area contributed by atoms with Crippen LogP contribution in [0.3, 0.4) is 0 Å². The van der Waals surface area contributed by atoms with Crippen LogP contribution in [-0.4, -0.2) is 0 Å². The van der Waals surface area contributed by atoms with Gasteiger partial charge in [-0.2, -0.15) is 0 Å². The van der Waals surface area contributed by atoms with E-state index in [-0.39, 0.29) is 5.41 Å². The lowest BCUT2D eigenvalue weighted by Crippen LogP contribution is -2.28. The molecule has 1 heteroatoms. The zero-order chi connectivity index (χ0) is 31.6. The van der Waals surface area contributed by atoms with Gasteiger partial charge in [-0.3, -0.25) is 0 Å². The molecule has 0 saturated heterocycles. The Morgan fingerprint density at radius 2 is 0.894 bits per heavy atom. The Hall–Kier alpha value is -5.66.